The highest BCUT2D eigenvalue weighted by Crippen LogP contribution is 2.23. The first-order chi connectivity index (χ1) is 14.8. The smallest absolute Gasteiger partial charge is 0.343 e. The maximum absolute atomic E-state index is 12.7. The summed E-state index contributed by atoms with van der Waals surface area (Å²) in [5, 5.41) is 7.42. The maximum Gasteiger partial charge on any atom is 0.343 e. The number of halogens is 1. The Morgan fingerprint density at radius 3 is 2.35 bits per heavy atom. The van der Waals surface area contributed by atoms with Gasteiger partial charge in [0, 0.05) is 0 Å². The molecule has 6 nitrogen and oxygen atoms in total. The van der Waals surface area contributed by atoms with E-state index in [-0.39, 0.29) is 22.7 Å². The molecule has 0 unspecified atom stereocenters. The molecule has 2 atom stereocenters. The lowest BCUT2D eigenvalue weighted by molar-refractivity contribution is -0.129. The third-order valence-electron chi connectivity index (χ3n) is 5.03. The van der Waals surface area contributed by atoms with Gasteiger partial charge in [0.15, 0.2) is 6.10 Å². The molecule has 3 rings (SSSR count). The van der Waals surface area contributed by atoms with Gasteiger partial charge in [-0.2, -0.15) is 5.10 Å². The number of aromatic nitrogens is 2. The van der Waals surface area contributed by atoms with E-state index >= 15 is 0 Å². The Balaban J connectivity index is 1.66. The van der Waals surface area contributed by atoms with Crippen LogP contribution in [-0.2, 0) is 16.1 Å². The molecule has 31 heavy (non-hydrogen) atoms. The van der Waals surface area contributed by atoms with E-state index in [1.165, 1.54) is 6.92 Å². The van der Waals surface area contributed by atoms with Gasteiger partial charge < -0.3 is 10.1 Å². The third kappa shape index (κ3) is 5.52. The van der Waals surface area contributed by atoms with Crippen molar-refractivity contribution in [1.82, 2.24) is 15.1 Å². The number of ether oxygens (including phenoxy) is 1. The molecular weight excluding hydrogens is 414 g/mol. The zero-order valence-corrected chi connectivity index (χ0v) is 18.8. The third-order valence-corrected chi connectivity index (χ3v) is 5.42. The van der Waals surface area contributed by atoms with E-state index in [2.05, 4.69) is 10.4 Å². The zero-order chi connectivity index (χ0) is 22.5. The normalized spacial score (nSPS) is 12.8. The number of hydrogen-bond acceptors (Lipinski definition) is 4. The summed E-state index contributed by atoms with van der Waals surface area (Å²) < 4.78 is 6.94. The topological polar surface area (TPSA) is 73.2 Å². The lowest BCUT2D eigenvalue weighted by Crippen LogP contribution is -2.37. The Labute approximate surface area is 187 Å². The van der Waals surface area contributed by atoms with Crippen molar-refractivity contribution in [2.24, 2.45) is 0 Å². The number of benzene rings is 2. The molecule has 1 heterocycles. The van der Waals surface area contributed by atoms with E-state index in [4.69, 9.17) is 16.3 Å². The SMILES string of the molecule is Cc1ccc(Cn2nc(C)c(C(=O)O[C@H](C)C(=O)N[C@@H](C)c3ccccc3)c2Cl)cc1. The summed E-state index contributed by atoms with van der Waals surface area (Å²) in [7, 11) is 0. The predicted octanol–water partition coefficient (Wildman–Crippen LogP) is 4.62. The van der Waals surface area contributed by atoms with Crippen molar-refractivity contribution in [2.75, 3.05) is 0 Å². The van der Waals surface area contributed by atoms with Crippen molar-refractivity contribution in [3.63, 3.8) is 0 Å². The fraction of sp³-hybridized carbons (Fsp3) is 0.292. The second kappa shape index (κ2) is 9.79. The molecule has 0 saturated heterocycles. The molecule has 2 aromatic carbocycles. The van der Waals surface area contributed by atoms with Crippen molar-refractivity contribution in [3.8, 4) is 0 Å². The summed E-state index contributed by atoms with van der Waals surface area (Å²) in [5.41, 5.74) is 3.75. The van der Waals surface area contributed by atoms with Crippen LogP contribution in [0.25, 0.3) is 0 Å². The number of nitrogens with one attached hydrogen (secondary N) is 1. The minimum atomic E-state index is -0.977. The van der Waals surface area contributed by atoms with Crippen molar-refractivity contribution in [3.05, 3.63) is 87.7 Å². The predicted molar refractivity (Wildman–Crippen MR) is 120 cm³/mol. The van der Waals surface area contributed by atoms with Gasteiger partial charge in [-0.15, -0.1) is 0 Å². The molecule has 0 fully saturated rings. The van der Waals surface area contributed by atoms with Gasteiger partial charge in [-0.25, -0.2) is 9.48 Å². The second-order valence-corrected chi connectivity index (χ2v) is 7.94. The minimum absolute atomic E-state index is 0.171. The largest absolute Gasteiger partial charge is 0.449 e. The summed E-state index contributed by atoms with van der Waals surface area (Å²) in [5.74, 6) is -1.06. The Kier molecular flexibility index (Phi) is 7.13. The van der Waals surface area contributed by atoms with E-state index in [1.807, 2.05) is 68.4 Å². The van der Waals surface area contributed by atoms with Crippen LogP contribution in [0.15, 0.2) is 54.6 Å². The zero-order valence-electron chi connectivity index (χ0n) is 18.1. The Bertz CT molecular complexity index is 1060. The van der Waals surface area contributed by atoms with Crippen molar-refractivity contribution >= 4 is 23.5 Å². The number of nitrogens with zero attached hydrogens (tertiary/aromatic N) is 2. The summed E-state index contributed by atoms with van der Waals surface area (Å²) in [6.45, 7) is 7.54. The second-order valence-electron chi connectivity index (χ2n) is 7.58. The number of hydrogen-bond donors (Lipinski definition) is 1. The Morgan fingerprint density at radius 2 is 1.71 bits per heavy atom. The van der Waals surface area contributed by atoms with Crippen LogP contribution in [0.3, 0.4) is 0 Å². The van der Waals surface area contributed by atoms with Crippen LogP contribution in [0.5, 0.6) is 0 Å². The van der Waals surface area contributed by atoms with Gasteiger partial charge in [-0.1, -0.05) is 71.8 Å². The Morgan fingerprint density at radius 1 is 1.06 bits per heavy atom. The molecule has 0 aliphatic rings. The molecule has 1 N–H and O–H groups in total. The summed E-state index contributed by atoms with van der Waals surface area (Å²) in [6, 6.07) is 17.3. The molecule has 0 aliphatic heterocycles. The summed E-state index contributed by atoms with van der Waals surface area (Å²) in [6.07, 6.45) is -0.977. The minimum Gasteiger partial charge on any atom is -0.449 e. The van der Waals surface area contributed by atoms with Crippen LogP contribution in [0, 0.1) is 13.8 Å². The molecule has 1 amide bonds. The molecule has 3 aromatic rings. The molecule has 0 bridgehead atoms. The quantitative estimate of drug-likeness (QED) is 0.545. The molecule has 0 spiro atoms. The first-order valence-electron chi connectivity index (χ1n) is 10.1. The average Bonchev–Trinajstić information content (AvgIpc) is 3.03. The molecule has 7 heteroatoms. The maximum atomic E-state index is 12.7. The van der Waals surface area contributed by atoms with E-state index in [1.54, 1.807) is 11.6 Å². The summed E-state index contributed by atoms with van der Waals surface area (Å²) >= 11 is 6.43. The van der Waals surface area contributed by atoms with Crippen LogP contribution < -0.4 is 5.32 Å². The van der Waals surface area contributed by atoms with Crippen molar-refractivity contribution < 1.29 is 14.3 Å². The fourth-order valence-corrected chi connectivity index (χ4v) is 3.50. The summed E-state index contributed by atoms with van der Waals surface area (Å²) in [4.78, 5) is 25.2. The monoisotopic (exact) mass is 439 g/mol. The number of aryl methyl sites for hydroxylation is 2. The molecule has 0 radical (unpaired) electrons. The van der Waals surface area contributed by atoms with Gasteiger partial charge in [-0.05, 0) is 38.8 Å². The van der Waals surface area contributed by atoms with E-state index in [9.17, 15) is 9.59 Å². The molecular formula is C24H26ClN3O3. The van der Waals surface area contributed by atoms with Crippen LogP contribution >= 0.6 is 11.6 Å². The molecule has 162 valence electrons. The Hall–Kier alpha value is -3.12. The lowest BCUT2D eigenvalue weighted by Gasteiger charge is -2.18. The van der Waals surface area contributed by atoms with Gasteiger partial charge >= 0.3 is 5.97 Å². The van der Waals surface area contributed by atoms with Crippen LogP contribution in [0.1, 0.15) is 52.6 Å². The highest BCUT2D eigenvalue weighted by molar-refractivity contribution is 6.32. The number of carbonyl (C=O) groups excluding carboxylic acids is 2. The number of rotatable bonds is 7. The van der Waals surface area contributed by atoms with E-state index in [0.29, 0.717) is 12.2 Å². The first kappa shape index (κ1) is 22.6. The van der Waals surface area contributed by atoms with Gasteiger partial charge in [-0.3, -0.25) is 4.79 Å². The number of carbonyl (C=O) groups is 2. The van der Waals surface area contributed by atoms with Crippen molar-refractivity contribution in [1.29, 1.82) is 0 Å². The van der Waals surface area contributed by atoms with Gasteiger partial charge in [0.1, 0.15) is 10.7 Å². The molecule has 0 saturated carbocycles. The van der Waals surface area contributed by atoms with Gasteiger partial charge in [0.25, 0.3) is 5.91 Å². The van der Waals surface area contributed by atoms with E-state index in [0.717, 1.165) is 16.7 Å². The number of esters is 1. The highest BCUT2D eigenvalue weighted by atomic mass is 35.5. The van der Waals surface area contributed by atoms with Gasteiger partial charge in [0.05, 0.1) is 18.3 Å². The fourth-order valence-electron chi connectivity index (χ4n) is 3.19. The highest BCUT2D eigenvalue weighted by Gasteiger charge is 2.26. The van der Waals surface area contributed by atoms with E-state index < -0.39 is 12.1 Å². The first-order valence-corrected chi connectivity index (χ1v) is 10.5. The average molecular weight is 440 g/mol. The van der Waals surface area contributed by atoms with Crippen LogP contribution in [0.2, 0.25) is 5.15 Å². The van der Waals surface area contributed by atoms with Gasteiger partial charge in [0.2, 0.25) is 0 Å². The molecule has 1 aromatic heterocycles. The lowest BCUT2D eigenvalue weighted by atomic mass is 10.1. The standard InChI is InChI=1S/C24H26ClN3O3/c1-15-10-12-19(13-11-15)14-28-22(25)21(17(3)27-28)24(30)31-18(4)23(29)26-16(2)20-8-6-5-7-9-20/h5-13,16,18H,14H2,1-4H3,(H,26,29)/t16-,18+/m0/s1. The van der Waals surface area contributed by atoms with Crippen LogP contribution in [0.4, 0.5) is 0 Å². The van der Waals surface area contributed by atoms with Crippen molar-refractivity contribution in [2.45, 2.75) is 46.4 Å². The number of amides is 1. The van der Waals surface area contributed by atoms with Crippen LogP contribution in [-0.4, -0.2) is 27.8 Å². The molecule has 0 aliphatic carbocycles.